The van der Waals surface area contributed by atoms with Gasteiger partial charge in [0.25, 0.3) is 5.19 Å². The fourth-order valence-corrected chi connectivity index (χ4v) is 2.61. The second-order valence-corrected chi connectivity index (χ2v) is 5.39. The third kappa shape index (κ3) is 3.16. The number of benzene rings is 2. The highest BCUT2D eigenvalue weighted by Gasteiger charge is 2.13. The smallest absolute Gasteiger partial charge is 0.360 e. The Bertz CT molecular complexity index is 768. The number of hydrogen-bond acceptors (Lipinski definition) is 6. The van der Waals surface area contributed by atoms with Crippen molar-refractivity contribution in [2.24, 2.45) is 5.73 Å². The van der Waals surface area contributed by atoms with E-state index in [2.05, 4.69) is 4.98 Å². The number of carboxylic acid groups (broad SMARTS) is 1. The molecule has 0 saturated heterocycles. The minimum absolute atomic E-state index is 0.353. The molecule has 112 valence electrons. The zero-order valence-corrected chi connectivity index (χ0v) is 12.1. The van der Waals surface area contributed by atoms with Gasteiger partial charge in [-0.25, -0.2) is 9.78 Å². The maximum atomic E-state index is 10.6. The number of ether oxygens (including phenoxy) is 2. The zero-order chi connectivity index (χ0) is 15.5. The normalized spacial score (nSPS) is 12.0. The van der Waals surface area contributed by atoms with Gasteiger partial charge in [-0.3, -0.25) is 5.73 Å². The second-order valence-electron chi connectivity index (χ2n) is 4.40. The van der Waals surface area contributed by atoms with Crippen molar-refractivity contribution in [3.05, 3.63) is 48.5 Å². The molecule has 22 heavy (non-hydrogen) atoms. The lowest BCUT2D eigenvalue weighted by molar-refractivity contribution is -0.144. The highest BCUT2D eigenvalue weighted by molar-refractivity contribution is 7.20. The Balaban J connectivity index is 1.71. The van der Waals surface area contributed by atoms with Crippen molar-refractivity contribution in [1.29, 1.82) is 0 Å². The molecular formula is C15H12N2O4S. The van der Waals surface area contributed by atoms with Crippen molar-refractivity contribution in [3.8, 4) is 16.7 Å². The Hall–Kier alpha value is -2.64. The molecule has 0 unspecified atom stereocenters. The van der Waals surface area contributed by atoms with Gasteiger partial charge in [0.2, 0.25) is 6.23 Å². The molecule has 0 aliphatic carbocycles. The molecule has 7 heteroatoms. The number of nitrogens with zero attached hydrogens (tertiary/aromatic N) is 1. The number of hydrogen-bond donors (Lipinski definition) is 2. The highest BCUT2D eigenvalue weighted by Crippen LogP contribution is 2.31. The van der Waals surface area contributed by atoms with Crippen LogP contribution in [0.25, 0.3) is 10.2 Å². The van der Waals surface area contributed by atoms with Crippen molar-refractivity contribution in [2.45, 2.75) is 6.23 Å². The summed E-state index contributed by atoms with van der Waals surface area (Å²) >= 11 is 1.45. The van der Waals surface area contributed by atoms with Crippen LogP contribution in [0.2, 0.25) is 0 Å². The van der Waals surface area contributed by atoms with Crippen molar-refractivity contribution >= 4 is 27.5 Å². The van der Waals surface area contributed by atoms with E-state index in [1.165, 1.54) is 11.3 Å². The van der Waals surface area contributed by atoms with Crippen LogP contribution < -0.4 is 15.2 Å². The molecule has 0 spiro atoms. The Kier molecular flexibility index (Phi) is 3.90. The SMILES string of the molecule is N[C@@H](Oc1ccc(Oc2nc3ccccc3s2)cc1)C(=O)O. The highest BCUT2D eigenvalue weighted by atomic mass is 32.1. The quantitative estimate of drug-likeness (QED) is 0.703. The summed E-state index contributed by atoms with van der Waals surface area (Å²) in [5, 5.41) is 9.22. The maximum absolute atomic E-state index is 10.6. The van der Waals surface area contributed by atoms with E-state index >= 15 is 0 Å². The van der Waals surface area contributed by atoms with Crippen molar-refractivity contribution in [3.63, 3.8) is 0 Å². The average Bonchev–Trinajstić information content (AvgIpc) is 2.91. The molecule has 0 radical (unpaired) electrons. The lowest BCUT2D eigenvalue weighted by Gasteiger charge is -2.10. The van der Waals surface area contributed by atoms with Crippen molar-refractivity contribution < 1.29 is 19.4 Å². The second kappa shape index (κ2) is 6.00. The molecule has 0 saturated carbocycles. The predicted octanol–water partition coefficient (Wildman–Crippen LogP) is 2.84. The van der Waals surface area contributed by atoms with Crippen molar-refractivity contribution in [2.75, 3.05) is 0 Å². The molecule has 2 aromatic carbocycles. The average molecular weight is 316 g/mol. The summed E-state index contributed by atoms with van der Waals surface area (Å²) < 4.78 is 11.8. The fourth-order valence-electron chi connectivity index (χ4n) is 1.78. The number of fused-ring (bicyclic) bond motifs is 1. The third-order valence-corrected chi connectivity index (χ3v) is 3.72. The van der Waals surface area contributed by atoms with Crippen LogP contribution in [0.1, 0.15) is 0 Å². The Morgan fingerprint density at radius 3 is 2.50 bits per heavy atom. The maximum Gasteiger partial charge on any atom is 0.360 e. The van der Waals surface area contributed by atoms with Gasteiger partial charge in [-0.1, -0.05) is 23.5 Å². The number of carbonyl (C=O) groups is 1. The number of aromatic nitrogens is 1. The molecule has 0 aliphatic heterocycles. The van der Waals surface area contributed by atoms with Crippen LogP contribution in [0.3, 0.4) is 0 Å². The summed E-state index contributed by atoms with van der Waals surface area (Å²) in [5.41, 5.74) is 6.18. The van der Waals surface area contributed by atoms with Gasteiger partial charge in [0.05, 0.1) is 10.2 Å². The fraction of sp³-hybridized carbons (Fsp3) is 0.0667. The molecule has 0 fully saturated rings. The summed E-state index contributed by atoms with van der Waals surface area (Å²) in [4.78, 5) is 15.0. The standard InChI is InChI=1S/C15H12N2O4S/c16-13(14(18)19)20-9-5-7-10(8-6-9)21-15-17-11-3-1-2-4-12(11)22-15/h1-8,13H,16H2,(H,18,19)/t13-/m0/s1. The van der Waals surface area contributed by atoms with Gasteiger partial charge in [0.1, 0.15) is 11.5 Å². The van der Waals surface area contributed by atoms with Gasteiger partial charge < -0.3 is 14.6 Å². The van der Waals surface area contributed by atoms with E-state index in [1.54, 1.807) is 24.3 Å². The van der Waals surface area contributed by atoms with Crippen LogP contribution in [-0.4, -0.2) is 22.3 Å². The molecular weight excluding hydrogens is 304 g/mol. The van der Waals surface area contributed by atoms with E-state index in [9.17, 15) is 4.79 Å². The minimum atomic E-state index is -1.39. The Morgan fingerprint density at radius 1 is 1.14 bits per heavy atom. The zero-order valence-electron chi connectivity index (χ0n) is 11.3. The van der Waals surface area contributed by atoms with E-state index in [0.29, 0.717) is 16.7 Å². The molecule has 3 N–H and O–H groups in total. The number of carboxylic acids is 1. The molecule has 6 nitrogen and oxygen atoms in total. The number of thiazole rings is 1. The van der Waals surface area contributed by atoms with Gasteiger partial charge in [0, 0.05) is 0 Å². The van der Waals surface area contributed by atoms with Gasteiger partial charge >= 0.3 is 5.97 Å². The first-order chi connectivity index (χ1) is 10.6. The van der Waals surface area contributed by atoms with Crippen LogP contribution in [0.5, 0.6) is 16.7 Å². The molecule has 0 aliphatic rings. The molecule has 3 aromatic rings. The van der Waals surface area contributed by atoms with Gasteiger partial charge in [-0.05, 0) is 36.4 Å². The van der Waals surface area contributed by atoms with Crippen molar-refractivity contribution in [1.82, 2.24) is 4.98 Å². The van der Waals surface area contributed by atoms with Gasteiger partial charge in [-0.2, -0.15) is 0 Å². The number of rotatable bonds is 5. The van der Waals surface area contributed by atoms with Gasteiger partial charge in [0.15, 0.2) is 0 Å². The first kappa shape index (κ1) is 14.3. The molecule has 0 amide bonds. The summed E-state index contributed by atoms with van der Waals surface area (Å²) in [7, 11) is 0. The number of para-hydroxylation sites is 1. The van der Waals surface area contributed by atoms with Crippen LogP contribution in [0.4, 0.5) is 0 Å². The van der Waals surface area contributed by atoms with E-state index in [4.69, 9.17) is 20.3 Å². The predicted molar refractivity (Wildman–Crippen MR) is 82.4 cm³/mol. The van der Waals surface area contributed by atoms with Crippen LogP contribution in [0, 0.1) is 0 Å². The molecule has 1 aromatic heterocycles. The number of nitrogens with two attached hydrogens (primary N) is 1. The first-order valence-electron chi connectivity index (χ1n) is 6.40. The lowest BCUT2D eigenvalue weighted by atomic mass is 10.3. The Labute approximate surface area is 129 Å². The molecule has 3 rings (SSSR count). The van der Waals surface area contributed by atoms with Crippen LogP contribution in [-0.2, 0) is 4.79 Å². The molecule has 1 atom stereocenters. The molecule has 1 heterocycles. The Morgan fingerprint density at radius 2 is 1.82 bits per heavy atom. The summed E-state index contributed by atoms with van der Waals surface area (Å²) in [6.07, 6.45) is -1.39. The van der Waals surface area contributed by atoms with E-state index in [1.807, 2.05) is 24.3 Å². The summed E-state index contributed by atoms with van der Waals surface area (Å²) in [6, 6.07) is 14.3. The molecule has 0 bridgehead atoms. The van der Waals surface area contributed by atoms with E-state index in [0.717, 1.165) is 10.2 Å². The monoisotopic (exact) mass is 316 g/mol. The van der Waals surface area contributed by atoms with E-state index < -0.39 is 12.2 Å². The third-order valence-electron chi connectivity index (χ3n) is 2.81. The van der Waals surface area contributed by atoms with Crippen LogP contribution in [0.15, 0.2) is 48.5 Å². The van der Waals surface area contributed by atoms with E-state index in [-0.39, 0.29) is 0 Å². The topological polar surface area (TPSA) is 94.7 Å². The summed E-state index contributed by atoms with van der Waals surface area (Å²) in [6.45, 7) is 0. The number of aliphatic carboxylic acids is 1. The minimum Gasteiger partial charge on any atom is -0.477 e. The lowest BCUT2D eigenvalue weighted by Crippen LogP contribution is -2.35. The first-order valence-corrected chi connectivity index (χ1v) is 7.22. The van der Waals surface area contributed by atoms with Gasteiger partial charge in [-0.15, -0.1) is 0 Å². The summed E-state index contributed by atoms with van der Waals surface area (Å²) in [5.74, 6) is -0.295. The largest absolute Gasteiger partial charge is 0.477 e. The van der Waals surface area contributed by atoms with Crippen LogP contribution >= 0.6 is 11.3 Å².